The highest BCUT2D eigenvalue weighted by molar-refractivity contribution is 7.16. The molecule has 2 aromatic heterocycles. The van der Waals surface area contributed by atoms with Gasteiger partial charge >= 0.3 is 0 Å². The molecule has 114 valence electrons. The van der Waals surface area contributed by atoms with Gasteiger partial charge in [0.15, 0.2) is 11.6 Å². The number of thiophene rings is 1. The minimum Gasteiger partial charge on any atom is -0.352 e. The van der Waals surface area contributed by atoms with E-state index in [-0.39, 0.29) is 5.82 Å². The lowest BCUT2D eigenvalue weighted by molar-refractivity contribution is 0.577. The summed E-state index contributed by atoms with van der Waals surface area (Å²) in [5.74, 6) is 0.113. The molecule has 21 heavy (non-hydrogen) atoms. The van der Waals surface area contributed by atoms with Crippen LogP contribution in [0.4, 0.5) is 10.2 Å². The van der Waals surface area contributed by atoms with Crippen LogP contribution in [-0.2, 0) is 13.1 Å². The van der Waals surface area contributed by atoms with Gasteiger partial charge in [0.2, 0.25) is 0 Å². The summed E-state index contributed by atoms with van der Waals surface area (Å²) in [6, 6.07) is 5.52. The predicted molar refractivity (Wildman–Crippen MR) is 87.6 cm³/mol. The van der Waals surface area contributed by atoms with Gasteiger partial charge in [0.25, 0.3) is 0 Å². The van der Waals surface area contributed by atoms with Gasteiger partial charge in [0.05, 0.1) is 10.9 Å². The van der Waals surface area contributed by atoms with Gasteiger partial charge < -0.3 is 10.2 Å². The van der Waals surface area contributed by atoms with Gasteiger partial charge in [-0.1, -0.05) is 18.5 Å². The highest BCUT2D eigenvalue weighted by Gasteiger charge is 2.14. The SMILES string of the molecule is CCCNCc1ccnc(N(C)Cc2ccc(Cl)s2)c1F. The summed E-state index contributed by atoms with van der Waals surface area (Å²) in [5.41, 5.74) is 0.643. The third-order valence-electron chi connectivity index (χ3n) is 3.08. The van der Waals surface area contributed by atoms with Crippen LogP contribution in [0.25, 0.3) is 0 Å². The molecule has 0 saturated heterocycles. The Bertz CT molecular complexity index is 588. The normalized spacial score (nSPS) is 10.9. The summed E-state index contributed by atoms with van der Waals surface area (Å²) in [4.78, 5) is 7.05. The predicted octanol–water partition coefficient (Wildman–Crippen LogP) is 4.07. The zero-order valence-electron chi connectivity index (χ0n) is 12.2. The number of rotatable bonds is 7. The van der Waals surface area contributed by atoms with Gasteiger partial charge in [0, 0.05) is 30.2 Å². The molecule has 6 heteroatoms. The zero-order valence-corrected chi connectivity index (χ0v) is 13.8. The lowest BCUT2D eigenvalue weighted by atomic mass is 10.2. The van der Waals surface area contributed by atoms with Gasteiger partial charge in [-0.25, -0.2) is 9.37 Å². The Hall–Kier alpha value is -1.17. The molecule has 0 aliphatic carbocycles. The molecule has 0 aromatic carbocycles. The van der Waals surface area contributed by atoms with Gasteiger partial charge in [-0.15, -0.1) is 11.3 Å². The van der Waals surface area contributed by atoms with Crippen molar-refractivity contribution in [2.24, 2.45) is 0 Å². The van der Waals surface area contributed by atoms with Crippen LogP contribution in [0.2, 0.25) is 4.34 Å². The molecule has 0 saturated carbocycles. The van der Waals surface area contributed by atoms with Crippen molar-refractivity contribution in [2.45, 2.75) is 26.4 Å². The molecular formula is C15H19ClFN3S. The first-order chi connectivity index (χ1) is 10.1. The van der Waals surface area contributed by atoms with E-state index in [2.05, 4.69) is 17.2 Å². The summed E-state index contributed by atoms with van der Waals surface area (Å²) < 4.78 is 15.2. The van der Waals surface area contributed by atoms with Crippen LogP contribution in [-0.4, -0.2) is 18.6 Å². The van der Waals surface area contributed by atoms with Crippen LogP contribution in [0.1, 0.15) is 23.8 Å². The number of aromatic nitrogens is 1. The van der Waals surface area contributed by atoms with E-state index in [1.165, 1.54) is 11.3 Å². The number of nitrogens with zero attached hydrogens (tertiary/aromatic N) is 2. The monoisotopic (exact) mass is 327 g/mol. The lowest BCUT2D eigenvalue weighted by Gasteiger charge is -2.19. The van der Waals surface area contributed by atoms with Gasteiger partial charge in [-0.05, 0) is 31.2 Å². The fraction of sp³-hybridized carbons (Fsp3) is 0.400. The molecule has 0 amide bonds. The van der Waals surface area contributed by atoms with Crippen LogP contribution in [0.15, 0.2) is 24.4 Å². The third-order valence-corrected chi connectivity index (χ3v) is 4.29. The van der Waals surface area contributed by atoms with E-state index >= 15 is 0 Å². The number of halogens is 2. The summed E-state index contributed by atoms with van der Waals surface area (Å²) >= 11 is 7.42. The Morgan fingerprint density at radius 2 is 2.19 bits per heavy atom. The molecule has 0 spiro atoms. The van der Waals surface area contributed by atoms with E-state index in [9.17, 15) is 4.39 Å². The third kappa shape index (κ3) is 4.40. The smallest absolute Gasteiger partial charge is 0.170 e. The second-order valence-electron chi connectivity index (χ2n) is 4.85. The average molecular weight is 328 g/mol. The molecule has 2 heterocycles. The van der Waals surface area contributed by atoms with Crippen molar-refractivity contribution in [1.29, 1.82) is 0 Å². The molecule has 3 nitrogen and oxygen atoms in total. The molecule has 0 aliphatic heterocycles. The molecule has 0 fully saturated rings. The molecule has 2 aromatic rings. The molecule has 0 radical (unpaired) electrons. The zero-order chi connectivity index (χ0) is 15.2. The largest absolute Gasteiger partial charge is 0.352 e. The van der Waals surface area contributed by atoms with Crippen LogP contribution < -0.4 is 10.2 Å². The second-order valence-corrected chi connectivity index (χ2v) is 6.65. The Balaban J connectivity index is 2.09. The summed E-state index contributed by atoms with van der Waals surface area (Å²) in [7, 11) is 1.84. The molecule has 2 rings (SSSR count). The first kappa shape index (κ1) is 16.2. The van der Waals surface area contributed by atoms with Crippen molar-refractivity contribution >= 4 is 28.8 Å². The number of hydrogen-bond acceptors (Lipinski definition) is 4. The number of pyridine rings is 1. The molecule has 0 unspecified atom stereocenters. The molecule has 1 N–H and O–H groups in total. The van der Waals surface area contributed by atoms with E-state index in [1.807, 2.05) is 19.2 Å². The Kier molecular flexibility index (Phi) is 5.96. The number of nitrogens with one attached hydrogen (secondary N) is 1. The van der Waals surface area contributed by atoms with Crippen molar-refractivity contribution < 1.29 is 4.39 Å². The quantitative estimate of drug-likeness (QED) is 0.777. The minimum absolute atomic E-state index is 0.258. The van der Waals surface area contributed by atoms with Gasteiger partial charge in [-0.2, -0.15) is 0 Å². The number of anilines is 1. The highest BCUT2D eigenvalue weighted by atomic mass is 35.5. The van der Waals surface area contributed by atoms with Crippen molar-refractivity contribution in [3.8, 4) is 0 Å². The summed E-state index contributed by atoms with van der Waals surface area (Å²) in [6.45, 7) is 4.07. The van der Waals surface area contributed by atoms with Crippen molar-refractivity contribution in [3.05, 3.63) is 45.0 Å². The van der Waals surface area contributed by atoms with Crippen molar-refractivity contribution in [2.75, 3.05) is 18.5 Å². The average Bonchev–Trinajstić information content (AvgIpc) is 2.86. The first-order valence-electron chi connectivity index (χ1n) is 6.91. The fourth-order valence-electron chi connectivity index (χ4n) is 2.02. The van der Waals surface area contributed by atoms with Crippen LogP contribution in [0, 0.1) is 5.82 Å². The Morgan fingerprint density at radius 3 is 2.86 bits per heavy atom. The van der Waals surface area contributed by atoms with Gasteiger partial charge in [-0.3, -0.25) is 0 Å². The van der Waals surface area contributed by atoms with E-state index in [0.717, 1.165) is 22.2 Å². The van der Waals surface area contributed by atoms with Crippen LogP contribution in [0.5, 0.6) is 0 Å². The van der Waals surface area contributed by atoms with E-state index < -0.39 is 0 Å². The Morgan fingerprint density at radius 1 is 1.38 bits per heavy atom. The Labute approximate surface area is 133 Å². The van der Waals surface area contributed by atoms with E-state index in [0.29, 0.717) is 24.5 Å². The van der Waals surface area contributed by atoms with Crippen molar-refractivity contribution in [3.63, 3.8) is 0 Å². The van der Waals surface area contributed by atoms with Crippen LogP contribution >= 0.6 is 22.9 Å². The summed E-state index contributed by atoms with van der Waals surface area (Å²) in [6.07, 6.45) is 2.68. The first-order valence-corrected chi connectivity index (χ1v) is 8.10. The lowest BCUT2D eigenvalue weighted by Crippen LogP contribution is -2.21. The van der Waals surface area contributed by atoms with Gasteiger partial charge in [0.1, 0.15) is 0 Å². The topological polar surface area (TPSA) is 28.2 Å². The maximum atomic E-state index is 14.5. The maximum Gasteiger partial charge on any atom is 0.170 e. The molecule has 0 atom stereocenters. The molecule has 0 aliphatic rings. The van der Waals surface area contributed by atoms with E-state index in [1.54, 1.807) is 17.2 Å². The molecular weight excluding hydrogens is 309 g/mol. The standard InChI is InChI=1S/C15H19ClFN3S/c1-3-7-18-9-11-6-8-19-15(14(11)17)20(2)10-12-4-5-13(16)21-12/h4-6,8,18H,3,7,9-10H2,1-2H3. The minimum atomic E-state index is -0.258. The fourth-order valence-corrected chi connectivity index (χ4v) is 3.16. The second kappa shape index (κ2) is 7.73. The summed E-state index contributed by atoms with van der Waals surface area (Å²) in [5, 5.41) is 3.21. The maximum absolute atomic E-state index is 14.5. The highest BCUT2D eigenvalue weighted by Crippen LogP contribution is 2.25. The van der Waals surface area contributed by atoms with E-state index in [4.69, 9.17) is 11.6 Å². The van der Waals surface area contributed by atoms with Crippen LogP contribution in [0.3, 0.4) is 0 Å². The number of hydrogen-bond donors (Lipinski definition) is 1. The van der Waals surface area contributed by atoms with Crippen molar-refractivity contribution in [1.82, 2.24) is 10.3 Å². The molecule has 0 bridgehead atoms.